The van der Waals surface area contributed by atoms with E-state index in [1.54, 1.807) is 6.07 Å². The average molecular weight is 342 g/mol. The predicted molar refractivity (Wildman–Crippen MR) is 88.7 cm³/mol. The van der Waals surface area contributed by atoms with Crippen LogP contribution in [-0.2, 0) is 4.79 Å². The second-order valence-electron chi connectivity index (χ2n) is 6.00. The minimum atomic E-state index is -0.191. The molecule has 2 fully saturated rings. The maximum atomic E-state index is 12.0. The van der Waals surface area contributed by atoms with Crippen molar-refractivity contribution in [1.29, 1.82) is 0 Å². The molecule has 3 rings (SSSR count). The Bertz CT molecular complexity index is 538. The molecule has 0 aromatic carbocycles. The van der Waals surface area contributed by atoms with Crippen LogP contribution in [0.4, 0.5) is 0 Å². The summed E-state index contributed by atoms with van der Waals surface area (Å²) in [5.41, 5.74) is 0.430. The van der Waals surface area contributed by atoms with Crippen LogP contribution in [0.2, 0.25) is 0 Å². The predicted octanol–water partition coefficient (Wildman–Crippen LogP) is 0.485. The van der Waals surface area contributed by atoms with Crippen LogP contribution in [0, 0.1) is 5.92 Å². The maximum Gasteiger partial charge on any atom is 0.271 e. The number of hydrogen-bond donors (Lipinski definition) is 3. The Hall–Kier alpha value is -1.60. The van der Waals surface area contributed by atoms with Crippen LogP contribution in [0.1, 0.15) is 42.2 Å². The lowest BCUT2D eigenvalue weighted by atomic mass is 10.1. The van der Waals surface area contributed by atoms with Gasteiger partial charge in [-0.25, -0.2) is 0 Å². The first-order valence-corrected chi connectivity index (χ1v) is 8.06. The highest BCUT2D eigenvalue weighted by Crippen LogP contribution is 2.28. The summed E-state index contributed by atoms with van der Waals surface area (Å²) in [6, 6.07) is 2.07. The molecule has 7 nitrogen and oxygen atoms in total. The molecule has 23 heavy (non-hydrogen) atoms. The van der Waals surface area contributed by atoms with Gasteiger partial charge < -0.3 is 16.0 Å². The number of carbonyl (C=O) groups is 2. The fraction of sp³-hybridized carbons (Fsp3) is 0.667. The summed E-state index contributed by atoms with van der Waals surface area (Å²) in [7, 11) is 0. The summed E-state index contributed by atoms with van der Waals surface area (Å²) in [5.74, 6) is 0.113. The van der Waals surface area contributed by atoms with Crippen LogP contribution >= 0.6 is 12.4 Å². The van der Waals surface area contributed by atoms with Crippen LogP contribution in [0.5, 0.6) is 0 Å². The minimum Gasteiger partial charge on any atom is -0.354 e. The summed E-state index contributed by atoms with van der Waals surface area (Å²) in [4.78, 5) is 23.5. The van der Waals surface area contributed by atoms with E-state index in [1.165, 1.54) is 0 Å². The molecule has 2 aliphatic rings. The lowest BCUT2D eigenvalue weighted by Crippen LogP contribution is -2.35. The summed E-state index contributed by atoms with van der Waals surface area (Å²) in [6.45, 7) is 2.84. The molecule has 0 bridgehead atoms. The van der Waals surface area contributed by atoms with Gasteiger partial charge in [0, 0.05) is 31.7 Å². The van der Waals surface area contributed by atoms with Crippen molar-refractivity contribution in [2.75, 3.05) is 26.2 Å². The number of aromatic nitrogens is 2. The molecule has 128 valence electrons. The summed E-state index contributed by atoms with van der Waals surface area (Å²) >= 11 is 0. The third-order valence-electron chi connectivity index (χ3n) is 4.14. The van der Waals surface area contributed by atoms with Gasteiger partial charge >= 0.3 is 0 Å². The zero-order chi connectivity index (χ0) is 15.4. The number of carbonyl (C=O) groups excluding carboxylic acids is 2. The number of nitrogens with zero attached hydrogens (tertiary/aromatic N) is 2. The third-order valence-corrected chi connectivity index (χ3v) is 4.14. The Morgan fingerprint density at radius 1 is 1.26 bits per heavy atom. The lowest BCUT2D eigenvalue weighted by Gasteiger charge is -2.22. The van der Waals surface area contributed by atoms with Crippen molar-refractivity contribution in [1.82, 2.24) is 25.7 Å². The van der Waals surface area contributed by atoms with E-state index < -0.39 is 0 Å². The third kappa shape index (κ3) is 4.94. The Morgan fingerprint density at radius 3 is 2.74 bits per heavy atom. The van der Waals surface area contributed by atoms with E-state index in [2.05, 4.69) is 21.0 Å². The highest BCUT2D eigenvalue weighted by atomic mass is 35.5. The van der Waals surface area contributed by atoms with Crippen LogP contribution in [-0.4, -0.2) is 47.8 Å². The van der Waals surface area contributed by atoms with Gasteiger partial charge in [-0.2, -0.15) is 5.10 Å². The summed E-state index contributed by atoms with van der Waals surface area (Å²) in [6.07, 6.45) is 6.06. The van der Waals surface area contributed by atoms with Gasteiger partial charge in [0.1, 0.15) is 5.69 Å². The molecule has 1 saturated carbocycles. The molecule has 8 heteroatoms. The second kappa shape index (κ2) is 8.31. The van der Waals surface area contributed by atoms with Crippen molar-refractivity contribution >= 4 is 24.2 Å². The number of nitrogens with one attached hydrogen (secondary N) is 3. The van der Waals surface area contributed by atoms with Crippen molar-refractivity contribution < 1.29 is 9.59 Å². The van der Waals surface area contributed by atoms with Gasteiger partial charge in [-0.3, -0.25) is 14.3 Å². The molecule has 0 radical (unpaired) electrons. The average Bonchev–Trinajstić information content (AvgIpc) is 3.29. The number of halogens is 1. The maximum absolute atomic E-state index is 12.0. The van der Waals surface area contributed by atoms with Crippen LogP contribution in [0.3, 0.4) is 0 Å². The van der Waals surface area contributed by atoms with Crippen LogP contribution in [0.25, 0.3) is 0 Å². The van der Waals surface area contributed by atoms with Gasteiger partial charge in [0.2, 0.25) is 5.91 Å². The second-order valence-corrected chi connectivity index (χ2v) is 6.00. The quantitative estimate of drug-likeness (QED) is 0.657. The molecular formula is C15H24ClN5O2. The summed E-state index contributed by atoms with van der Waals surface area (Å²) in [5, 5.41) is 13.3. The van der Waals surface area contributed by atoms with Gasteiger partial charge in [0.15, 0.2) is 0 Å². The van der Waals surface area contributed by atoms with E-state index in [9.17, 15) is 9.59 Å². The molecule has 1 aromatic heterocycles. The molecule has 2 amide bonds. The Balaban J connectivity index is 0.00000192. The van der Waals surface area contributed by atoms with Crippen molar-refractivity contribution in [2.45, 2.75) is 31.7 Å². The molecule has 3 N–H and O–H groups in total. The van der Waals surface area contributed by atoms with Crippen LogP contribution in [0.15, 0.2) is 12.3 Å². The van der Waals surface area contributed by atoms with E-state index in [4.69, 9.17) is 0 Å². The first-order chi connectivity index (χ1) is 10.7. The Labute approximate surface area is 142 Å². The van der Waals surface area contributed by atoms with Gasteiger partial charge in [-0.05, 0) is 38.3 Å². The number of rotatable bonds is 6. The molecule has 2 heterocycles. The number of hydrogen-bond acceptors (Lipinski definition) is 4. The van der Waals surface area contributed by atoms with Crippen molar-refractivity contribution in [3.63, 3.8) is 0 Å². The number of amides is 2. The van der Waals surface area contributed by atoms with Crippen molar-refractivity contribution in [3.8, 4) is 0 Å². The highest BCUT2D eigenvalue weighted by molar-refractivity contribution is 5.92. The topological polar surface area (TPSA) is 88.0 Å². The minimum absolute atomic E-state index is 0. The molecule has 0 spiro atoms. The van der Waals surface area contributed by atoms with Gasteiger partial charge in [0.05, 0.1) is 6.04 Å². The Kier molecular flexibility index (Phi) is 6.41. The van der Waals surface area contributed by atoms with E-state index in [0.29, 0.717) is 24.8 Å². The fourth-order valence-corrected chi connectivity index (χ4v) is 2.66. The summed E-state index contributed by atoms with van der Waals surface area (Å²) < 4.78 is 1.87. The van der Waals surface area contributed by atoms with Crippen LogP contribution < -0.4 is 16.0 Å². The normalized spacial score (nSPS) is 20.4. The molecule has 1 aliphatic heterocycles. The molecule has 1 unspecified atom stereocenters. The largest absolute Gasteiger partial charge is 0.354 e. The van der Waals surface area contributed by atoms with E-state index in [-0.39, 0.29) is 30.1 Å². The molecule has 1 atom stereocenters. The van der Waals surface area contributed by atoms with Gasteiger partial charge in [-0.1, -0.05) is 0 Å². The van der Waals surface area contributed by atoms with Gasteiger partial charge in [-0.15, -0.1) is 12.4 Å². The first-order valence-electron chi connectivity index (χ1n) is 8.06. The number of piperidine rings is 1. The van der Waals surface area contributed by atoms with E-state index in [0.717, 1.165) is 38.8 Å². The Morgan fingerprint density at radius 2 is 2.04 bits per heavy atom. The molecule has 1 aromatic rings. The zero-order valence-electron chi connectivity index (χ0n) is 13.1. The van der Waals surface area contributed by atoms with Crippen molar-refractivity contribution in [3.05, 3.63) is 18.0 Å². The monoisotopic (exact) mass is 341 g/mol. The standard InChI is InChI=1S/C15H23N5O2.ClH/c21-14(11-3-4-11)17-7-8-18-15(22)13-5-9-20(19-13)12-2-1-6-16-10-12;/h5,9,11-12,16H,1-4,6-8,10H2,(H,17,21)(H,18,22);1H. The van der Waals surface area contributed by atoms with E-state index in [1.807, 2.05) is 10.9 Å². The highest BCUT2D eigenvalue weighted by Gasteiger charge is 2.29. The SMILES string of the molecule is Cl.O=C(NCCNC(=O)C1CC1)c1ccn(C2CCCNC2)n1. The van der Waals surface area contributed by atoms with Gasteiger partial charge in [0.25, 0.3) is 5.91 Å². The molecular weight excluding hydrogens is 318 g/mol. The zero-order valence-corrected chi connectivity index (χ0v) is 13.9. The molecule has 1 saturated heterocycles. The first kappa shape index (κ1) is 17.7. The lowest BCUT2D eigenvalue weighted by molar-refractivity contribution is -0.122. The molecule has 1 aliphatic carbocycles. The fourth-order valence-electron chi connectivity index (χ4n) is 2.66. The van der Waals surface area contributed by atoms with Crippen molar-refractivity contribution in [2.24, 2.45) is 5.92 Å². The van der Waals surface area contributed by atoms with E-state index >= 15 is 0 Å². The smallest absolute Gasteiger partial charge is 0.271 e.